The minimum absolute atomic E-state index is 0.559. The molecular weight excluding hydrogens is 267 g/mol. The Labute approximate surface area is 85.0 Å². The van der Waals surface area contributed by atoms with Crippen LogP contribution in [0.3, 0.4) is 0 Å². The van der Waals surface area contributed by atoms with E-state index in [4.69, 9.17) is 4.74 Å². The van der Waals surface area contributed by atoms with Gasteiger partial charge in [0.25, 0.3) is 0 Å². The monoisotopic (exact) mass is 276 g/mol. The Hall–Kier alpha value is -0.650. The van der Waals surface area contributed by atoms with E-state index in [2.05, 4.69) is 32.6 Å². The van der Waals surface area contributed by atoms with Crippen molar-refractivity contribution in [2.24, 2.45) is 0 Å². The van der Waals surface area contributed by atoms with Crippen LogP contribution >= 0.6 is 22.6 Å². The Bertz CT molecular complexity index is 276. The average Bonchev–Trinajstić information content (AvgIpc) is 2.09. The number of hydrogen-bond donors (Lipinski definition) is 0. The van der Waals surface area contributed by atoms with Gasteiger partial charge in [-0.2, -0.15) is 0 Å². The molecule has 0 unspecified atom stereocenters. The Morgan fingerprint density at radius 2 is 2.50 bits per heavy atom. The Morgan fingerprint density at radius 3 is 3.17 bits per heavy atom. The fourth-order valence-corrected chi connectivity index (χ4v) is 1.09. The summed E-state index contributed by atoms with van der Waals surface area (Å²) in [6.07, 6.45) is 7.07. The summed E-state index contributed by atoms with van der Waals surface area (Å²) in [5.41, 5.74) is 0. The molecule has 1 heterocycles. The number of hydrogen-bond acceptors (Lipinski definition) is 3. The highest BCUT2D eigenvalue weighted by Crippen LogP contribution is 2.14. The highest BCUT2D eigenvalue weighted by atomic mass is 127. The van der Waals surface area contributed by atoms with Gasteiger partial charge in [-0.3, -0.25) is 0 Å². The van der Waals surface area contributed by atoms with Gasteiger partial charge in [0.05, 0.1) is 3.57 Å². The smallest absolute Gasteiger partial charge is 0.230 e. The molecule has 4 heteroatoms. The zero-order chi connectivity index (χ0) is 8.81. The first kappa shape index (κ1) is 9.44. The molecule has 0 radical (unpaired) electrons. The van der Waals surface area contributed by atoms with Crippen LogP contribution in [-0.4, -0.2) is 16.6 Å². The topological polar surface area (TPSA) is 35.0 Å². The molecule has 12 heavy (non-hydrogen) atoms. The lowest BCUT2D eigenvalue weighted by Gasteiger charge is -2.01. The lowest BCUT2D eigenvalue weighted by molar-refractivity contribution is 0.344. The first-order valence-corrected chi connectivity index (χ1v) is 4.62. The average molecular weight is 276 g/mol. The maximum Gasteiger partial charge on any atom is 0.230 e. The molecule has 0 amide bonds. The SMILES string of the molecule is CC=CCOc1ncncc1I. The van der Waals surface area contributed by atoms with E-state index in [0.29, 0.717) is 12.5 Å². The van der Waals surface area contributed by atoms with E-state index in [9.17, 15) is 0 Å². The van der Waals surface area contributed by atoms with Gasteiger partial charge < -0.3 is 4.74 Å². The summed E-state index contributed by atoms with van der Waals surface area (Å²) in [6, 6.07) is 0. The van der Waals surface area contributed by atoms with E-state index >= 15 is 0 Å². The summed E-state index contributed by atoms with van der Waals surface area (Å²) in [7, 11) is 0. The molecule has 0 bridgehead atoms. The minimum Gasteiger partial charge on any atom is -0.473 e. The first-order chi connectivity index (χ1) is 5.84. The standard InChI is InChI=1S/C8H9IN2O/c1-2-3-4-12-8-7(9)5-10-6-11-8/h2-3,5-6H,4H2,1H3. The fraction of sp³-hybridized carbons (Fsp3) is 0.250. The van der Waals surface area contributed by atoms with Gasteiger partial charge in [-0.1, -0.05) is 12.2 Å². The van der Waals surface area contributed by atoms with E-state index in [1.165, 1.54) is 6.33 Å². The lowest BCUT2D eigenvalue weighted by Crippen LogP contribution is -1.98. The zero-order valence-electron chi connectivity index (χ0n) is 6.70. The van der Waals surface area contributed by atoms with Crippen LogP contribution in [0.25, 0.3) is 0 Å². The van der Waals surface area contributed by atoms with Crippen molar-refractivity contribution in [3.8, 4) is 5.88 Å². The van der Waals surface area contributed by atoms with Gasteiger partial charge in [0.1, 0.15) is 12.9 Å². The quantitative estimate of drug-likeness (QED) is 0.626. The van der Waals surface area contributed by atoms with E-state index in [-0.39, 0.29) is 0 Å². The second-order valence-electron chi connectivity index (χ2n) is 2.06. The van der Waals surface area contributed by atoms with Gasteiger partial charge >= 0.3 is 0 Å². The highest BCUT2D eigenvalue weighted by Gasteiger charge is 1.98. The van der Waals surface area contributed by atoms with Crippen LogP contribution < -0.4 is 4.74 Å². The van der Waals surface area contributed by atoms with E-state index < -0.39 is 0 Å². The van der Waals surface area contributed by atoms with Crippen LogP contribution in [0.1, 0.15) is 6.92 Å². The third kappa shape index (κ3) is 2.77. The third-order valence-corrected chi connectivity index (χ3v) is 1.93. The van der Waals surface area contributed by atoms with Crippen molar-refractivity contribution in [3.63, 3.8) is 0 Å². The van der Waals surface area contributed by atoms with Gasteiger partial charge in [0.2, 0.25) is 5.88 Å². The molecule has 0 spiro atoms. The molecule has 0 aromatic carbocycles. The molecule has 0 aliphatic rings. The largest absolute Gasteiger partial charge is 0.473 e. The fourth-order valence-electron chi connectivity index (χ4n) is 0.631. The van der Waals surface area contributed by atoms with Crippen molar-refractivity contribution in [3.05, 3.63) is 28.2 Å². The summed E-state index contributed by atoms with van der Waals surface area (Å²) in [6.45, 7) is 2.51. The molecule has 0 atom stereocenters. The molecule has 0 aliphatic heterocycles. The van der Waals surface area contributed by atoms with Crippen LogP contribution in [0, 0.1) is 3.57 Å². The van der Waals surface area contributed by atoms with Crippen LogP contribution in [0.15, 0.2) is 24.7 Å². The number of halogens is 1. The van der Waals surface area contributed by atoms with Gasteiger partial charge in [-0.05, 0) is 29.5 Å². The summed E-state index contributed by atoms with van der Waals surface area (Å²) < 4.78 is 6.26. The molecule has 0 N–H and O–H groups in total. The maximum atomic E-state index is 5.33. The van der Waals surface area contributed by atoms with Crippen LogP contribution in [0.5, 0.6) is 5.88 Å². The lowest BCUT2D eigenvalue weighted by atomic mass is 10.5. The second-order valence-corrected chi connectivity index (χ2v) is 3.22. The summed E-state index contributed by atoms with van der Waals surface area (Å²) in [5, 5.41) is 0. The van der Waals surface area contributed by atoms with Crippen molar-refractivity contribution in [2.75, 3.05) is 6.61 Å². The predicted octanol–water partition coefficient (Wildman–Crippen LogP) is 2.04. The highest BCUT2D eigenvalue weighted by molar-refractivity contribution is 14.1. The predicted molar refractivity (Wildman–Crippen MR) is 55.1 cm³/mol. The molecule has 1 aromatic rings. The molecule has 1 aromatic heterocycles. The third-order valence-electron chi connectivity index (χ3n) is 1.19. The Morgan fingerprint density at radius 1 is 1.67 bits per heavy atom. The Kier molecular flexibility index (Phi) is 3.99. The molecule has 0 saturated carbocycles. The summed E-state index contributed by atoms with van der Waals surface area (Å²) in [5.74, 6) is 0.642. The molecule has 3 nitrogen and oxygen atoms in total. The number of allylic oxidation sites excluding steroid dienone is 1. The maximum absolute atomic E-state index is 5.33. The van der Waals surface area contributed by atoms with Crippen molar-refractivity contribution in [2.45, 2.75) is 6.92 Å². The molecule has 0 saturated heterocycles. The second kappa shape index (κ2) is 5.08. The van der Waals surface area contributed by atoms with Crippen LogP contribution in [-0.2, 0) is 0 Å². The normalized spacial score (nSPS) is 10.5. The van der Waals surface area contributed by atoms with Gasteiger partial charge in [-0.15, -0.1) is 0 Å². The number of rotatable bonds is 3. The van der Waals surface area contributed by atoms with E-state index in [1.807, 2.05) is 19.1 Å². The number of ether oxygens (including phenoxy) is 1. The van der Waals surface area contributed by atoms with Crippen molar-refractivity contribution in [1.29, 1.82) is 0 Å². The van der Waals surface area contributed by atoms with Crippen molar-refractivity contribution >= 4 is 22.6 Å². The van der Waals surface area contributed by atoms with Crippen molar-refractivity contribution in [1.82, 2.24) is 9.97 Å². The van der Waals surface area contributed by atoms with Gasteiger partial charge in [-0.25, -0.2) is 9.97 Å². The molecule has 0 fully saturated rings. The number of nitrogens with zero attached hydrogens (tertiary/aromatic N) is 2. The summed E-state index contributed by atoms with van der Waals surface area (Å²) in [4.78, 5) is 7.83. The Balaban J connectivity index is 2.57. The summed E-state index contributed by atoms with van der Waals surface area (Å²) >= 11 is 2.14. The first-order valence-electron chi connectivity index (χ1n) is 3.54. The van der Waals surface area contributed by atoms with Crippen LogP contribution in [0.2, 0.25) is 0 Å². The van der Waals surface area contributed by atoms with Gasteiger partial charge in [0.15, 0.2) is 0 Å². The van der Waals surface area contributed by atoms with Crippen LogP contribution in [0.4, 0.5) is 0 Å². The van der Waals surface area contributed by atoms with Crippen molar-refractivity contribution < 1.29 is 4.74 Å². The molecular formula is C8H9IN2O. The van der Waals surface area contributed by atoms with Gasteiger partial charge in [0, 0.05) is 6.20 Å². The van der Waals surface area contributed by atoms with E-state index in [1.54, 1.807) is 6.20 Å². The zero-order valence-corrected chi connectivity index (χ0v) is 8.85. The van der Waals surface area contributed by atoms with E-state index in [0.717, 1.165) is 3.57 Å². The molecule has 0 aliphatic carbocycles. The number of aromatic nitrogens is 2. The molecule has 64 valence electrons. The molecule has 1 rings (SSSR count). The minimum atomic E-state index is 0.559.